The molecule has 3 rings (SSSR count). The van der Waals surface area contributed by atoms with Crippen LogP contribution in [0.15, 0.2) is 29.3 Å². The van der Waals surface area contributed by atoms with Gasteiger partial charge in [0.1, 0.15) is 0 Å². The lowest BCUT2D eigenvalue weighted by atomic mass is 10.0. The maximum Gasteiger partial charge on any atom is 0.193 e. The predicted molar refractivity (Wildman–Crippen MR) is 79.3 cm³/mol. The standard InChI is InChI=1S/C16H23N3/c1-17-16(18-10-8-13-6-7-13)19-11-9-14-4-2-3-5-15(14)12-19/h2-5,13H,6-12H2,1H3,(H,17,18). The highest BCUT2D eigenvalue weighted by molar-refractivity contribution is 5.80. The Balaban J connectivity index is 1.58. The Labute approximate surface area is 115 Å². The van der Waals surface area contributed by atoms with Gasteiger partial charge in [-0.25, -0.2) is 0 Å². The molecule has 0 aromatic heterocycles. The molecule has 1 aromatic rings. The van der Waals surface area contributed by atoms with Gasteiger partial charge in [0.2, 0.25) is 0 Å². The molecule has 0 saturated heterocycles. The van der Waals surface area contributed by atoms with Crippen molar-refractivity contribution < 1.29 is 0 Å². The van der Waals surface area contributed by atoms with Crippen molar-refractivity contribution >= 4 is 5.96 Å². The van der Waals surface area contributed by atoms with Gasteiger partial charge in [-0.3, -0.25) is 4.99 Å². The molecule has 1 aliphatic heterocycles. The molecule has 3 nitrogen and oxygen atoms in total. The Morgan fingerprint density at radius 3 is 2.84 bits per heavy atom. The molecule has 3 heteroatoms. The highest BCUT2D eigenvalue weighted by Crippen LogP contribution is 2.31. The summed E-state index contributed by atoms with van der Waals surface area (Å²) in [7, 11) is 1.89. The number of rotatable bonds is 3. The fourth-order valence-corrected chi connectivity index (χ4v) is 2.80. The summed E-state index contributed by atoms with van der Waals surface area (Å²) < 4.78 is 0. The summed E-state index contributed by atoms with van der Waals surface area (Å²) in [5, 5.41) is 3.52. The summed E-state index contributed by atoms with van der Waals surface area (Å²) in [6.45, 7) is 3.12. The van der Waals surface area contributed by atoms with E-state index in [1.54, 1.807) is 0 Å². The van der Waals surface area contributed by atoms with E-state index >= 15 is 0 Å². The molecule has 102 valence electrons. The molecule has 0 radical (unpaired) electrons. The Morgan fingerprint density at radius 1 is 1.32 bits per heavy atom. The lowest BCUT2D eigenvalue weighted by Crippen LogP contribution is -2.44. The van der Waals surface area contributed by atoms with Crippen molar-refractivity contribution in [3.8, 4) is 0 Å². The summed E-state index contributed by atoms with van der Waals surface area (Å²) in [4.78, 5) is 6.80. The minimum absolute atomic E-state index is 0.979. The summed E-state index contributed by atoms with van der Waals surface area (Å²) in [6, 6.07) is 8.75. The van der Waals surface area contributed by atoms with Crippen LogP contribution in [0.4, 0.5) is 0 Å². The van der Waals surface area contributed by atoms with Crippen LogP contribution in [0.5, 0.6) is 0 Å². The fourth-order valence-electron chi connectivity index (χ4n) is 2.80. The molecule has 0 amide bonds. The molecule has 1 aromatic carbocycles. The van der Waals surface area contributed by atoms with Crippen molar-refractivity contribution in [3.05, 3.63) is 35.4 Å². The zero-order valence-corrected chi connectivity index (χ0v) is 11.7. The number of nitrogens with zero attached hydrogens (tertiary/aromatic N) is 2. The summed E-state index contributed by atoms with van der Waals surface area (Å²) in [6.07, 6.45) is 5.28. The molecule has 1 heterocycles. The normalized spacial score (nSPS) is 19.2. The Kier molecular flexibility index (Phi) is 3.72. The quantitative estimate of drug-likeness (QED) is 0.665. The Morgan fingerprint density at radius 2 is 2.11 bits per heavy atom. The smallest absolute Gasteiger partial charge is 0.193 e. The molecule has 0 atom stereocenters. The van der Waals surface area contributed by atoms with Crippen molar-refractivity contribution in [1.29, 1.82) is 0 Å². The number of guanidine groups is 1. The first-order valence-electron chi connectivity index (χ1n) is 7.39. The third kappa shape index (κ3) is 3.09. The van der Waals surface area contributed by atoms with E-state index in [0.29, 0.717) is 0 Å². The molecule has 1 aliphatic carbocycles. The topological polar surface area (TPSA) is 27.6 Å². The van der Waals surface area contributed by atoms with Gasteiger partial charge >= 0.3 is 0 Å². The summed E-state index contributed by atoms with van der Waals surface area (Å²) >= 11 is 0. The van der Waals surface area contributed by atoms with Gasteiger partial charge in [0.05, 0.1) is 0 Å². The van der Waals surface area contributed by atoms with E-state index in [-0.39, 0.29) is 0 Å². The van der Waals surface area contributed by atoms with Crippen LogP contribution < -0.4 is 5.32 Å². The number of hydrogen-bond acceptors (Lipinski definition) is 1. The molecule has 1 fully saturated rings. The second-order valence-corrected chi connectivity index (χ2v) is 5.65. The molecule has 0 unspecified atom stereocenters. The van der Waals surface area contributed by atoms with Gasteiger partial charge < -0.3 is 10.2 Å². The van der Waals surface area contributed by atoms with E-state index in [0.717, 1.165) is 37.9 Å². The summed E-state index contributed by atoms with van der Waals surface area (Å²) in [5.74, 6) is 2.04. The van der Waals surface area contributed by atoms with E-state index < -0.39 is 0 Å². The molecule has 1 N–H and O–H groups in total. The van der Waals surface area contributed by atoms with E-state index in [4.69, 9.17) is 0 Å². The van der Waals surface area contributed by atoms with Crippen molar-refractivity contribution in [2.24, 2.45) is 10.9 Å². The van der Waals surface area contributed by atoms with Gasteiger partial charge in [-0.15, -0.1) is 0 Å². The zero-order chi connectivity index (χ0) is 13.1. The third-order valence-corrected chi connectivity index (χ3v) is 4.17. The number of nitrogens with one attached hydrogen (secondary N) is 1. The van der Waals surface area contributed by atoms with E-state index in [1.165, 1.54) is 30.4 Å². The SMILES string of the molecule is CN=C(NCCC1CC1)N1CCc2ccccc2C1. The molecular formula is C16H23N3. The fraction of sp³-hybridized carbons (Fsp3) is 0.562. The number of fused-ring (bicyclic) bond motifs is 1. The maximum absolute atomic E-state index is 4.43. The monoisotopic (exact) mass is 257 g/mol. The lowest BCUT2D eigenvalue weighted by Gasteiger charge is -2.31. The molecule has 0 spiro atoms. The lowest BCUT2D eigenvalue weighted by molar-refractivity contribution is 0.378. The number of aliphatic imine (C=N–C) groups is 1. The van der Waals surface area contributed by atoms with Gasteiger partial charge in [0.25, 0.3) is 0 Å². The van der Waals surface area contributed by atoms with Crippen molar-refractivity contribution in [2.75, 3.05) is 20.1 Å². The van der Waals surface area contributed by atoms with Crippen LogP contribution in [0, 0.1) is 5.92 Å². The average molecular weight is 257 g/mol. The van der Waals surface area contributed by atoms with Gasteiger partial charge in [-0.1, -0.05) is 37.1 Å². The van der Waals surface area contributed by atoms with Crippen LogP contribution in [0.2, 0.25) is 0 Å². The van der Waals surface area contributed by atoms with Crippen molar-refractivity contribution in [1.82, 2.24) is 10.2 Å². The van der Waals surface area contributed by atoms with Crippen LogP contribution in [0.1, 0.15) is 30.4 Å². The minimum atomic E-state index is 0.979. The predicted octanol–water partition coefficient (Wildman–Crippen LogP) is 2.42. The highest BCUT2D eigenvalue weighted by atomic mass is 15.3. The van der Waals surface area contributed by atoms with Crippen LogP contribution in [-0.2, 0) is 13.0 Å². The molecule has 1 saturated carbocycles. The van der Waals surface area contributed by atoms with Crippen LogP contribution in [-0.4, -0.2) is 31.0 Å². The molecule has 0 bridgehead atoms. The Bertz CT molecular complexity index is 463. The Hall–Kier alpha value is -1.51. The minimum Gasteiger partial charge on any atom is -0.356 e. The molecular weight excluding hydrogens is 234 g/mol. The van der Waals surface area contributed by atoms with Crippen LogP contribution >= 0.6 is 0 Å². The average Bonchev–Trinajstić information content (AvgIpc) is 3.27. The van der Waals surface area contributed by atoms with Crippen molar-refractivity contribution in [3.63, 3.8) is 0 Å². The highest BCUT2D eigenvalue weighted by Gasteiger charge is 2.22. The second kappa shape index (κ2) is 5.64. The van der Waals surface area contributed by atoms with E-state index in [9.17, 15) is 0 Å². The van der Waals surface area contributed by atoms with Crippen molar-refractivity contribution in [2.45, 2.75) is 32.2 Å². The molecule has 19 heavy (non-hydrogen) atoms. The maximum atomic E-state index is 4.43. The first-order chi connectivity index (χ1) is 9.36. The van der Waals surface area contributed by atoms with Gasteiger partial charge in [-0.05, 0) is 29.9 Å². The van der Waals surface area contributed by atoms with E-state index in [1.807, 2.05) is 7.05 Å². The van der Waals surface area contributed by atoms with Gasteiger partial charge in [0.15, 0.2) is 5.96 Å². The van der Waals surface area contributed by atoms with Crippen LogP contribution in [0.3, 0.4) is 0 Å². The number of benzene rings is 1. The largest absolute Gasteiger partial charge is 0.356 e. The first-order valence-corrected chi connectivity index (χ1v) is 7.39. The van der Waals surface area contributed by atoms with Gasteiger partial charge in [-0.2, -0.15) is 0 Å². The summed E-state index contributed by atoms with van der Waals surface area (Å²) in [5.41, 5.74) is 2.94. The third-order valence-electron chi connectivity index (χ3n) is 4.17. The van der Waals surface area contributed by atoms with Gasteiger partial charge in [0, 0.05) is 26.7 Å². The van der Waals surface area contributed by atoms with Crippen LogP contribution in [0.25, 0.3) is 0 Å². The van der Waals surface area contributed by atoms with E-state index in [2.05, 4.69) is 39.5 Å². The molecule has 2 aliphatic rings. The number of hydrogen-bond donors (Lipinski definition) is 1. The first kappa shape index (κ1) is 12.5. The second-order valence-electron chi connectivity index (χ2n) is 5.65. The zero-order valence-electron chi connectivity index (χ0n) is 11.7.